The summed E-state index contributed by atoms with van der Waals surface area (Å²) in [6.07, 6.45) is -3.64. The molecule has 0 spiro atoms. The van der Waals surface area contributed by atoms with Crippen molar-refractivity contribution in [3.63, 3.8) is 0 Å². The molecule has 0 aromatic carbocycles. The Bertz CT molecular complexity index is 673. The van der Waals surface area contributed by atoms with Crippen LogP contribution >= 0.6 is 0 Å². The summed E-state index contributed by atoms with van der Waals surface area (Å²) in [5.41, 5.74) is 5.46. The van der Waals surface area contributed by atoms with E-state index < -0.39 is 18.1 Å². The molecule has 26 heavy (non-hydrogen) atoms. The van der Waals surface area contributed by atoms with Crippen molar-refractivity contribution in [3.8, 4) is 5.88 Å². The van der Waals surface area contributed by atoms with E-state index in [0.29, 0.717) is 17.8 Å². The zero-order valence-electron chi connectivity index (χ0n) is 13.8. The number of nitrogens with two attached hydrogens (primary N) is 1. The number of carboxylic acid groups (broad SMARTS) is 1. The number of carboxylic acids is 1. The fourth-order valence-electron chi connectivity index (χ4n) is 2.85. The smallest absolute Gasteiger partial charge is 0.480 e. The van der Waals surface area contributed by atoms with E-state index in [0.717, 1.165) is 26.2 Å². The number of alkyl halides is 3. The molecule has 12 heteroatoms. The molecule has 2 unspecified atom stereocenters. The van der Waals surface area contributed by atoms with Gasteiger partial charge in [0.2, 0.25) is 11.8 Å². The maximum atomic E-state index is 11.2. The maximum absolute atomic E-state index is 11.2. The van der Waals surface area contributed by atoms with Crippen molar-refractivity contribution in [1.29, 1.82) is 0 Å². The lowest BCUT2D eigenvalue weighted by Gasteiger charge is -2.18. The molecule has 2 aliphatic rings. The van der Waals surface area contributed by atoms with E-state index in [1.807, 2.05) is 0 Å². The summed E-state index contributed by atoms with van der Waals surface area (Å²) in [6, 6.07) is 0. The molecule has 144 valence electrons. The first kappa shape index (κ1) is 19.7. The average Bonchev–Trinajstić information content (AvgIpc) is 3.15. The Morgan fingerprint density at radius 3 is 2.31 bits per heavy atom. The van der Waals surface area contributed by atoms with Crippen LogP contribution in [0.5, 0.6) is 5.88 Å². The number of nitrogens with one attached hydrogen (secondary N) is 1. The molecule has 3 heterocycles. The first-order valence-electron chi connectivity index (χ1n) is 7.60. The summed E-state index contributed by atoms with van der Waals surface area (Å²) in [5, 5.41) is 10.5. The van der Waals surface area contributed by atoms with Crippen LogP contribution in [0.3, 0.4) is 0 Å². The number of rotatable bonds is 3. The molecule has 9 nitrogen and oxygen atoms in total. The number of carbonyl (C=O) groups excluding carboxylic acids is 1. The average molecular weight is 377 g/mol. The number of halogens is 3. The quantitative estimate of drug-likeness (QED) is 0.664. The van der Waals surface area contributed by atoms with E-state index in [1.165, 1.54) is 13.3 Å². The Balaban J connectivity index is 0.000000298. The van der Waals surface area contributed by atoms with Crippen LogP contribution in [-0.2, 0) is 4.79 Å². The summed E-state index contributed by atoms with van der Waals surface area (Å²) >= 11 is 0. The molecular weight excluding hydrogens is 359 g/mol. The monoisotopic (exact) mass is 377 g/mol. The van der Waals surface area contributed by atoms with Gasteiger partial charge in [-0.25, -0.2) is 9.78 Å². The van der Waals surface area contributed by atoms with Gasteiger partial charge in [-0.1, -0.05) is 0 Å². The van der Waals surface area contributed by atoms with Gasteiger partial charge >= 0.3 is 12.1 Å². The fraction of sp³-hybridized carbons (Fsp3) is 0.571. The minimum Gasteiger partial charge on any atom is -0.480 e. The number of anilines is 1. The number of aromatic nitrogens is 2. The molecule has 2 fully saturated rings. The van der Waals surface area contributed by atoms with Crippen LogP contribution in [0, 0.1) is 11.8 Å². The summed E-state index contributed by atoms with van der Waals surface area (Å²) in [6.45, 7) is 3.99. The zero-order valence-corrected chi connectivity index (χ0v) is 13.8. The third-order valence-electron chi connectivity index (χ3n) is 4.11. The number of carbonyl (C=O) groups is 2. The zero-order chi connectivity index (χ0) is 19.5. The van der Waals surface area contributed by atoms with Gasteiger partial charge in [0.05, 0.1) is 7.11 Å². The van der Waals surface area contributed by atoms with Gasteiger partial charge in [0.15, 0.2) is 0 Å². The Hall–Kier alpha value is -2.63. The van der Waals surface area contributed by atoms with E-state index in [2.05, 4.69) is 20.2 Å². The molecule has 0 saturated carbocycles. The highest BCUT2D eigenvalue weighted by molar-refractivity contribution is 5.94. The second kappa shape index (κ2) is 7.72. The van der Waals surface area contributed by atoms with Crippen LogP contribution in [0.25, 0.3) is 0 Å². The largest absolute Gasteiger partial charge is 0.490 e. The summed E-state index contributed by atoms with van der Waals surface area (Å²) < 4.78 is 36.8. The van der Waals surface area contributed by atoms with Gasteiger partial charge in [-0.2, -0.15) is 18.2 Å². The second-order valence-electron chi connectivity index (χ2n) is 5.84. The van der Waals surface area contributed by atoms with E-state index in [1.54, 1.807) is 0 Å². The van der Waals surface area contributed by atoms with Crippen molar-refractivity contribution in [2.24, 2.45) is 17.6 Å². The molecular formula is C14H18F3N5O4. The third kappa shape index (κ3) is 4.50. The SMILES string of the molecule is COc1nc(N2CC3CNCC3C2)ncc1C(N)=O.O=C(O)C(F)(F)F. The van der Waals surface area contributed by atoms with Gasteiger partial charge in [-0.05, 0) is 11.8 Å². The number of fused-ring (bicyclic) bond motifs is 1. The minimum absolute atomic E-state index is 0.215. The molecule has 2 saturated heterocycles. The van der Waals surface area contributed by atoms with Crippen LogP contribution in [0.2, 0.25) is 0 Å². The van der Waals surface area contributed by atoms with E-state index in [4.69, 9.17) is 20.4 Å². The summed E-state index contributed by atoms with van der Waals surface area (Å²) in [7, 11) is 1.47. The first-order valence-corrected chi connectivity index (χ1v) is 7.60. The molecule has 1 aromatic rings. The number of hydrogen-bond acceptors (Lipinski definition) is 7. The number of methoxy groups -OCH3 is 1. The maximum Gasteiger partial charge on any atom is 0.490 e. The molecule has 3 rings (SSSR count). The van der Waals surface area contributed by atoms with Gasteiger partial charge in [-0.3, -0.25) is 4.79 Å². The molecule has 2 atom stereocenters. The molecule has 1 aromatic heterocycles. The van der Waals surface area contributed by atoms with Gasteiger partial charge < -0.3 is 25.8 Å². The molecule has 0 bridgehead atoms. The Kier molecular flexibility index (Phi) is 5.85. The van der Waals surface area contributed by atoms with Crippen molar-refractivity contribution >= 4 is 17.8 Å². The van der Waals surface area contributed by atoms with Gasteiger partial charge in [0, 0.05) is 32.4 Å². The van der Waals surface area contributed by atoms with Crippen LogP contribution in [-0.4, -0.2) is 66.4 Å². The standard InChI is InChI=1S/C12H17N5O2.C2HF3O2/c1-19-11-9(10(13)18)4-15-12(16-11)17-5-7-2-14-3-8(7)6-17;3-2(4,5)1(6)7/h4,7-8,14H,2-3,5-6H2,1H3,(H2,13,18);(H,6,7). The second-order valence-corrected chi connectivity index (χ2v) is 5.84. The summed E-state index contributed by atoms with van der Waals surface area (Å²) in [4.78, 5) is 30.8. The lowest BCUT2D eigenvalue weighted by molar-refractivity contribution is -0.192. The van der Waals surface area contributed by atoms with E-state index >= 15 is 0 Å². The Labute approximate surface area is 146 Å². The topological polar surface area (TPSA) is 131 Å². The Morgan fingerprint density at radius 1 is 1.35 bits per heavy atom. The minimum atomic E-state index is -5.08. The Morgan fingerprint density at radius 2 is 1.88 bits per heavy atom. The third-order valence-corrected chi connectivity index (χ3v) is 4.11. The van der Waals surface area contributed by atoms with Crippen LogP contribution in [0.1, 0.15) is 10.4 Å². The van der Waals surface area contributed by atoms with Gasteiger partial charge in [0.1, 0.15) is 5.56 Å². The molecule has 2 aliphatic heterocycles. The highest BCUT2D eigenvalue weighted by atomic mass is 19.4. The predicted octanol–water partition coefficient (Wildman–Crippen LogP) is -0.127. The van der Waals surface area contributed by atoms with Crippen molar-refractivity contribution < 1.29 is 32.6 Å². The number of nitrogens with zero attached hydrogens (tertiary/aromatic N) is 3. The van der Waals surface area contributed by atoms with Crippen molar-refractivity contribution in [2.75, 3.05) is 38.2 Å². The molecule has 4 N–H and O–H groups in total. The summed E-state index contributed by atoms with van der Waals surface area (Å²) in [5.74, 6) is -1.17. The number of aliphatic carboxylic acids is 1. The van der Waals surface area contributed by atoms with Crippen molar-refractivity contribution in [2.45, 2.75) is 6.18 Å². The number of ether oxygens (including phenoxy) is 1. The lowest BCUT2D eigenvalue weighted by atomic mass is 10.0. The van der Waals surface area contributed by atoms with Crippen molar-refractivity contribution in [3.05, 3.63) is 11.8 Å². The highest BCUT2D eigenvalue weighted by Crippen LogP contribution is 2.29. The fourth-order valence-corrected chi connectivity index (χ4v) is 2.85. The number of amides is 1. The lowest BCUT2D eigenvalue weighted by Crippen LogP contribution is -2.27. The van der Waals surface area contributed by atoms with Crippen LogP contribution < -0.4 is 20.7 Å². The van der Waals surface area contributed by atoms with Crippen LogP contribution in [0.15, 0.2) is 6.20 Å². The molecule has 1 amide bonds. The molecule has 0 radical (unpaired) electrons. The number of hydrogen-bond donors (Lipinski definition) is 3. The van der Waals surface area contributed by atoms with Crippen molar-refractivity contribution in [1.82, 2.24) is 15.3 Å². The van der Waals surface area contributed by atoms with Crippen LogP contribution in [0.4, 0.5) is 19.1 Å². The van der Waals surface area contributed by atoms with Gasteiger partial charge in [-0.15, -0.1) is 0 Å². The van der Waals surface area contributed by atoms with E-state index in [9.17, 15) is 18.0 Å². The number of primary amides is 1. The van der Waals surface area contributed by atoms with Gasteiger partial charge in [0.25, 0.3) is 5.91 Å². The normalized spacial score (nSPS) is 21.6. The van der Waals surface area contributed by atoms with E-state index in [-0.39, 0.29) is 11.4 Å². The first-order chi connectivity index (χ1) is 12.1. The highest BCUT2D eigenvalue weighted by Gasteiger charge is 2.38. The molecule has 0 aliphatic carbocycles. The predicted molar refractivity (Wildman–Crippen MR) is 82.9 cm³/mol.